The molecule has 33 heavy (non-hydrogen) atoms. The lowest BCUT2D eigenvalue weighted by atomic mass is 10.0. The third-order valence-electron chi connectivity index (χ3n) is 5.91. The molecule has 186 valence electrons. The van der Waals surface area contributed by atoms with Gasteiger partial charge in [-0.1, -0.05) is 82.9 Å². The molecule has 0 fully saturated rings. The zero-order valence-corrected chi connectivity index (χ0v) is 21.6. The van der Waals surface area contributed by atoms with Crippen molar-refractivity contribution in [2.75, 3.05) is 13.1 Å². The number of rotatable bonds is 18. The third-order valence-corrected chi connectivity index (χ3v) is 7.33. The highest BCUT2D eigenvalue weighted by Gasteiger charge is 2.19. The van der Waals surface area contributed by atoms with Crippen LogP contribution in [0.2, 0.25) is 0 Å². The summed E-state index contributed by atoms with van der Waals surface area (Å²) in [6.07, 6.45) is 14.0. The molecule has 6 heteroatoms. The molecule has 0 atom stereocenters. The van der Waals surface area contributed by atoms with Crippen LogP contribution in [0.5, 0.6) is 0 Å². The van der Waals surface area contributed by atoms with Crippen LogP contribution in [0.4, 0.5) is 0 Å². The number of carboxylic acids is 1. The maximum Gasteiger partial charge on any atom is 0.352 e. The largest absolute Gasteiger partial charge is 0.477 e. The molecule has 0 saturated carbocycles. The van der Waals surface area contributed by atoms with Gasteiger partial charge in [-0.25, -0.2) is 13.2 Å². The van der Waals surface area contributed by atoms with Crippen molar-refractivity contribution >= 4 is 15.8 Å². The van der Waals surface area contributed by atoms with Gasteiger partial charge in [-0.05, 0) is 50.5 Å². The molecule has 1 aromatic carbocycles. The van der Waals surface area contributed by atoms with E-state index in [-0.39, 0.29) is 10.6 Å². The van der Waals surface area contributed by atoms with Crippen LogP contribution in [-0.2, 0) is 14.6 Å². The molecule has 0 bridgehead atoms. The van der Waals surface area contributed by atoms with Crippen LogP contribution in [0.1, 0.15) is 91.4 Å². The molecule has 0 aliphatic carbocycles. The molecule has 1 rings (SSSR count). The van der Waals surface area contributed by atoms with Crippen LogP contribution in [0, 0.1) is 0 Å². The summed E-state index contributed by atoms with van der Waals surface area (Å²) in [5.41, 5.74) is 0.778. The number of hydrogen-bond acceptors (Lipinski definition) is 4. The van der Waals surface area contributed by atoms with Crippen LogP contribution >= 0.6 is 0 Å². The van der Waals surface area contributed by atoms with Gasteiger partial charge in [0, 0.05) is 18.5 Å². The lowest BCUT2D eigenvalue weighted by Gasteiger charge is -2.24. The molecule has 0 aliphatic heterocycles. The van der Waals surface area contributed by atoms with E-state index in [1.54, 1.807) is 35.2 Å². The van der Waals surface area contributed by atoms with Crippen LogP contribution in [0.3, 0.4) is 0 Å². The lowest BCUT2D eigenvalue weighted by molar-refractivity contribution is -0.134. The van der Waals surface area contributed by atoms with Gasteiger partial charge in [-0.15, -0.1) is 0 Å². The Morgan fingerprint density at radius 1 is 0.848 bits per heavy atom. The highest BCUT2D eigenvalue weighted by atomic mass is 32.2. The number of hydrogen-bond donors (Lipinski definition) is 1. The number of carboxylic acid groups (broad SMARTS) is 1. The molecular weight excluding hydrogens is 434 g/mol. The molecule has 0 saturated heterocycles. The average molecular weight is 478 g/mol. The third kappa shape index (κ3) is 11.1. The number of unbranched alkanes of at least 4 members (excludes halogenated alkanes) is 9. The highest BCUT2D eigenvalue weighted by Crippen LogP contribution is 2.22. The van der Waals surface area contributed by atoms with Crippen LogP contribution in [0.25, 0.3) is 0 Å². The predicted molar refractivity (Wildman–Crippen MR) is 137 cm³/mol. The lowest BCUT2D eigenvalue weighted by Crippen LogP contribution is -2.28. The number of sulfone groups is 1. The van der Waals surface area contributed by atoms with Gasteiger partial charge < -0.3 is 10.0 Å². The van der Waals surface area contributed by atoms with Gasteiger partial charge in [0.1, 0.15) is 5.70 Å². The Hall–Kier alpha value is -2.08. The van der Waals surface area contributed by atoms with Gasteiger partial charge in [0.25, 0.3) is 0 Å². The average Bonchev–Trinajstić information content (AvgIpc) is 2.81. The summed E-state index contributed by atoms with van der Waals surface area (Å²) in [6, 6.07) is 8.23. The highest BCUT2D eigenvalue weighted by molar-refractivity contribution is 7.94. The molecule has 1 N–H and O–H groups in total. The van der Waals surface area contributed by atoms with E-state index in [1.165, 1.54) is 51.0 Å². The fraction of sp³-hybridized carbons (Fsp3) is 0.593. The van der Waals surface area contributed by atoms with Gasteiger partial charge in [0.15, 0.2) is 9.84 Å². The molecule has 0 unspecified atom stereocenters. The van der Waals surface area contributed by atoms with E-state index in [4.69, 9.17) is 0 Å². The fourth-order valence-electron chi connectivity index (χ4n) is 3.96. The molecule has 0 heterocycles. The van der Waals surface area contributed by atoms with Crippen molar-refractivity contribution in [1.82, 2.24) is 4.90 Å². The molecular formula is C27H43NO4S. The topological polar surface area (TPSA) is 74.7 Å². The normalized spacial score (nSPS) is 12.7. The molecule has 0 aliphatic rings. The Bertz CT molecular complexity index is 840. The number of likely N-dealkylation sites (N-methyl/N-ethyl adjacent to an activating group) is 1. The van der Waals surface area contributed by atoms with Crippen LogP contribution in [0.15, 0.2) is 58.0 Å². The van der Waals surface area contributed by atoms with Crippen molar-refractivity contribution in [1.29, 1.82) is 0 Å². The van der Waals surface area contributed by atoms with E-state index in [2.05, 4.69) is 6.92 Å². The minimum atomic E-state index is -3.63. The van der Waals surface area contributed by atoms with Crippen LogP contribution in [-0.4, -0.2) is 37.5 Å². The zero-order valence-electron chi connectivity index (χ0n) is 20.8. The van der Waals surface area contributed by atoms with Crippen molar-refractivity contribution < 1.29 is 18.3 Å². The maximum atomic E-state index is 12.7. The summed E-state index contributed by atoms with van der Waals surface area (Å²) < 4.78 is 25.4. The second kappa shape index (κ2) is 16.5. The monoisotopic (exact) mass is 477 g/mol. The number of benzene rings is 1. The van der Waals surface area contributed by atoms with E-state index < -0.39 is 15.8 Å². The second-order valence-corrected chi connectivity index (χ2v) is 10.3. The molecule has 1 aromatic rings. The number of aliphatic carboxylic acids is 1. The Labute approximate surface area is 201 Å². The predicted octanol–water partition coefficient (Wildman–Crippen LogP) is 6.97. The van der Waals surface area contributed by atoms with Crippen molar-refractivity contribution in [2.45, 2.75) is 96.3 Å². The number of allylic oxidation sites excluding steroid dienone is 2. The van der Waals surface area contributed by atoms with Crippen molar-refractivity contribution in [3.8, 4) is 0 Å². The summed E-state index contributed by atoms with van der Waals surface area (Å²) in [5, 5.41) is 11.1. The molecule has 0 amide bonds. The Balaban J connectivity index is 2.85. The van der Waals surface area contributed by atoms with E-state index >= 15 is 0 Å². The minimum absolute atomic E-state index is 0.204. The van der Waals surface area contributed by atoms with Crippen molar-refractivity contribution in [3.05, 3.63) is 53.1 Å². The van der Waals surface area contributed by atoms with E-state index in [9.17, 15) is 18.3 Å². The van der Waals surface area contributed by atoms with E-state index in [0.29, 0.717) is 25.1 Å². The quantitative estimate of drug-likeness (QED) is 0.140. The first kappa shape index (κ1) is 29.0. The Morgan fingerprint density at radius 3 is 1.85 bits per heavy atom. The number of nitrogens with zero attached hydrogens (tertiary/aromatic N) is 1. The van der Waals surface area contributed by atoms with Crippen molar-refractivity contribution in [3.63, 3.8) is 0 Å². The van der Waals surface area contributed by atoms with Gasteiger partial charge >= 0.3 is 5.97 Å². The molecule has 0 spiro atoms. The maximum absolute atomic E-state index is 12.7. The van der Waals surface area contributed by atoms with Gasteiger partial charge in [-0.3, -0.25) is 0 Å². The first-order valence-electron chi connectivity index (χ1n) is 12.6. The Kier molecular flexibility index (Phi) is 14.5. The van der Waals surface area contributed by atoms with Crippen LogP contribution < -0.4 is 0 Å². The van der Waals surface area contributed by atoms with Gasteiger partial charge in [0.2, 0.25) is 0 Å². The summed E-state index contributed by atoms with van der Waals surface area (Å²) in [6.45, 7) is 7.16. The first-order chi connectivity index (χ1) is 15.9. The summed E-state index contributed by atoms with van der Waals surface area (Å²) in [5.74, 6) is -1.01. The van der Waals surface area contributed by atoms with E-state index in [0.717, 1.165) is 24.7 Å². The fourth-order valence-corrected chi connectivity index (χ4v) is 5.00. The van der Waals surface area contributed by atoms with E-state index in [1.807, 2.05) is 13.8 Å². The summed E-state index contributed by atoms with van der Waals surface area (Å²) in [7, 11) is -3.63. The minimum Gasteiger partial charge on any atom is -0.477 e. The standard InChI is InChI=1S/C27H43NO4S/c1-4-7-8-9-10-11-12-13-14-16-19-24(26(27(29)30)28(5-2)6-3)22-23-33(31,32)25-20-17-15-18-21-25/h15,17-18,20-23H,4-14,16,19H2,1-3H3,(H,29,30). The Morgan fingerprint density at radius 2 is 1.36 bits per heavy atom. The second-order valence-electron chi connectivity index (χ2n) is 8.44. The smallest absolute Gasteiger partial charge is 0.352 e. The number of carbonyl (C=O) groups is 1. The van der Waals surface area contributed by atoms with Crippen molar-refractivity contribution in [2.24, 2.45) is 0 Å². The summed E-state index contributed by atoms with van der Waals surface area (Å²) >= 11 is 0. The first-order valence-corrected chi connectivity index (χ1v) is 14.1. The molecule has 0 radical (unpaired) electrons. The molecule has 5 nitrogen and oxygen atoms in total. The SMILES string of the molecule is CCCCCCCCCCCCC(C=CS(=O)(=O)c1ccccc1)=C(C(=O)O)N(CC)CC. The van der Waals surface area contributed by atoms with Gasteiger partial charge in [-0.2, -0.15) is 0 Å². The summed E-state index contributed by atoms with van der Waals surface area (Å²) in [4.78, 5) is 14.1. The molecule has 0 aromatic heterocycles. The van der Waals surface area contributed by atoms with Gasteiger partial charge in [0.05, 0.1) is 4.90 Å². The zero-order chi connectivity index (χ0) is 24.5.